The van der Waals surface area contributed by atoms with Crippen molar-refractivity contribution < 1.29 is 8.91 Å². The predicted octanol–water partition coefficient (Wildman–Crippen LogP) is 4.14. The van der Waals surface area contributed by atoms with Crippen LogP contribution in [0.5, 0.6) is 0 Å². The molecule has 0 saturated heterocycles. The van der Waals surface area contributed by atoms with Crippen LogP contribution in [0.1, 0.15) is 19.6 Å². The maximum Gasteiger partial charge on any atom is 0.185 e. The molecule has 7 heteroatoms. The van der Waals surface area contributed by atoms with E-state index in [1.807, 2.05) is 13.8 Å². The normalized spacial score (nSPS) is 10.9. The monoisotopic (exact) mass is 327 g/mol. The maximum atomic E-state index is 13.4. The number of nitrogens with one attached hydrogen (secondary N) is 2. The van der Waals surface area contributed by atoms with Crippen molar-refractivity contribution in [3.63, 3.8) is 0 Å². The number of benzene rings is 1. The van der Waals surface area contributed by atoms with Gasteiger partial charge in [-0.15, -0.1) is 0 Å². The molecule has 0 amide bonds. The van der Waals surface area contributed by atoms with Crippen molar-refractivity contribution >= 4 is 17.3 Å². The van der Waals surface area contributed by atoms with E-state index in [1.54, 1.807) is 31.2 Å². The van der Waals surface area contributed by atoms with Crippen molar-refractivity contribution in [2.45, 2.75) is 26.8 Å². The van der Waals surface area contributed by atoms with Gasteiger partial charge in [0, 0.05) is 23.9 Å². The number of nitrogens with zero attached hydrogens (tertiary/aromatic N) is 3. The highest BCUT2D eigenvalue weighted by Gasteiger charge is 2.12. The number of anilines is 3. The lowest BCUT2D eigenvalue weighted by atomic mass is 10.3. The van der Waals surface area contributed by atoms with Crippen molar-refractivity contribution in [3.05, 3.63) is 48.0 Å². The van der Waals surface area contributed by atoms with E-state index in [4.69, 9.17) is 4.52 Å². The van der Waals surface area contributed by atoms with E-state index in [-0.39, 0.29) is 11.9 Å². The third kappa shape index (κ3) is 3.87. The number of aromatic nitrogens is 3. The maximum absolute atomic E-state index is 13.4. The summed E-state index contributed by atoms with van der Waals surface area (Å²) < 4.78 is 18.5. The summed E-state index contributed by atoms with van der Waals surface area (Å²) in [6, 6.07) is 9.92. The molecule has 0 atom stereocenters. The van der Waals surface area contributed by atoms with E-state index in [2.05, 4.69) is 25.8 Å². The van der Waals surface area contributed by atoms with Crippen molar-refractivity contribution in [1.29, 1.82) is 0 Å². The molecule has 0 fully saturated rings. The van der Waals surface area contributed by atoms with Gasteiger partial charge in [-0.3, -0.25) is 0 Å². The average Bonchev–Trinajstić information content (AvgIpc) is 2.93. The molecule has 0 aliphatic carbocycles. The van der Waals surface area contributed by atoms with Crippen LogP contribution in [-0.4, -0.2) is 21.2 Å². The standard InChI is InChI=1S/C17H18FN5O/c1-10(2)19-15-9-16(20-13-6-4-5-12(18)8-13)22-17(21-15)14-7-11(3)24-23-14/h4-10H,1-3H3,(H2,19,20,21,22). The minimum absolute atomic E-state index is 0.203. The lowest BCUT2D eigenvalue weighted by Gasteiger charge is -2.12. The molecule has 6 nitrogen and oxygen atoms in total. The van der Waals surface area contributed by atoms with E-state index in [9.17, 15) is 4.39 Å². The van der Waals surface area contributed by atoms with Crippen molar-refractivity contribution in [2.75, 3.05) is 10.6 Å². The second kappa shape index (κ2) is 6.66. The molecule has 1 aromatic carbocycles. The Balaban J connectivity index is 1.98. The fraction of sp³-hybridized carbons (Fsp3) is 0.235. The first-order valence-corrected chi connectivity index (χ1v) is 7.61. The van der Waals surface area contributed by atoms with Gasteiger partial charge >= 0.3 is 0 Å². The second-order valence-electron chi connectivity index (χ2n) is 5.72. The Morgan fingerprint density at radius 1 is 1.08 bits per heavy atom. The van der Waals surface area contributed by atoms with Gasteiger partial charge in [0.1, 0.15) is 23.2 Å². The van der Waals surface area contributed by atoms with Gasteiger partial charge in [-0.25, -0.2) is 14.4 Å². The molecule has 0 radical (unpaired) electrons. The van der Waals surface area contributed by atoms with E-state index >= 15 is 0 Å². The van der Waals surface area contributed by atoms with Gasteiger partial charge in [-0.05, 0) is 39.0 Å². The molecule has 124 valence electrons. The fourth-order valence-electron chi connectivity index (χ4n) is 2.18. The van der Waals surface area contributed by atoms with E-state index in [0.29, 0.717) is 34.6 Å². The fourth-order valence-corrected chi connectivity index (χ4v) is 2.18. The zero-order valence-electron chi connectivity index (χ0n) is 13.7. The van der Waals surface area contributed by atoms with Crippen LogP contribution in [-0.2, 0) is 0 Å². The Morgan fingerprint density at radius 3 is 2.54 bits per heavy atom. The molecular formula is C17H18FN5O. The first-order valence-electron chi connectivity index (χ1n) is 7.61. The molecule has 0 aliphatic rings. The molecule has 3 aromatic rings. The molecule has 0 unspecified atom stereocenters. The van der Waals surface area contributed by atoms with Crippen LogP contribution in [0.3, 0.4) is 0 Å². The van der Waals surface area contributed by atoms with Crippen molar-refractivity contribution in [1.82, 2.24) is 15.1 Å². The molecule has 24 heavy (non-hydrogen) atoms. The first kappa shape index (κ1) is 15.9. The number of hydrogen-bond acceptors (Lipinski definition) is 6. The number of halogens is 1. The zero-order chi connectivity index (χ0) is 17.1. The summed E-state index contributed by atoms with van der Waals surface area (Å²) in [5.41, 5.74) is 1.15. The summed E-state index contributed by atoms with van der Waals surface area (Å²) in [5, 5.41) is 10.3. The summed E-state index contributed by atoms with van der Waals surface area (Å²) >= 11 is 0. The van der Waals surface area contributed by atoms with Crippen LogP contribution in [0.4, 0.5) is 21.7 Å². The van der Waals surface area contributed by atoms with Crippen LogP contribution in [0.25, 0.3) is 11.5 Å². The van der Waals surface area contributed by atoms with E-state index in [0.717, 1.165) is 0 Å². The Bertz CT molecular complexity index is 847. The summed E-state index contributed by atoms with van der Waals surface area (Å²) in [5.74, 6) is 1.97. The highest BCUT2D eigenvalue weighted by molar-refractivity contribution is 5.63. The Kier molecular flexibility index (Phi) is 4.41. The second-order valence-corrected chi connectivity index (χ2v) is 5.72. The van der Waals surface area contributed by atoms with Crippen LogP contribution < -0.4 is 10.6 Å². The topological polar surface area (TPSA) is 75.9 Å². The molecule has 2 aromatic heterocycles. The largest absolute Gasteiger partial charge is 0.368 e. The molecule has 3 rings (SSSR count). The van der Waals surface area contributed by atoms with Gasteiger partial charge in [0.2, 0.25) is 0 Å². The third-order valence-electron chi connectivity index (χ3n) is 3.12. The van der Waals surface area contributed by atoms with Gasteiger partial charge in [0.15, 0.2) is 11.5 Å². The minimum Gasteiger partial charge on any atom is -0.368 e. The molecular weight excluding hydrogens is 309 g/mol. The van der Waals surface area contributed by atoms with Crippen LogP contribution in [0.15, 0.2) is 40.9 Å². The first-order chi connectivity index (χ1) is 11.5. The van der Waals surface area contributed by atoms with Gasteiger partial charge in [-0.2, -0.15) is 0 Å². The lowest BCUT2D eigenvalue weighted by molar-refractivity contribution is 0.399. The minimum atomic E-state index is -0.318. The molecule has 0 saturated carbocycles. The smallest absolute Gasteiger partial charge is 0.185 e. The molecule has 2 heterocycles. The SMILES string of the molecule is Cc1cc(-c2nc(Nc3cccc(F)c3)cc(NC(C)C)n2)no1. The quantitative estimate of drug-likeness (QED) is 0.733. The van der Waals surface area contributed by atoms with Crippen molar-refractivity contribution in [2.24, 2.45) is 0 Å². The molecule has 0 aliphatic heterocycles. The Morgan fingerprint density at radius 2 is 1.88 bits per heavy atom. The van der Waals surface area contributed by atoms with Crippen LogP contribution in [0.2, 0.25) is 0 Å². The van der Waals surface area contributed by atoms with Gasteiger partial charge in [0.25, 0.3) is 0 Å². The molecule has 0 spiro atoms. The Hall–Kier alpha value is -2.96. The third-order valence-corrected chi connectivity index (χ3v) is 3.12. The highest BCUT2D eigenvalue weighted by atomic mass is 19.1. The van der Waals surface area contributed by atoms with Crippen LogP contribution >= 0.6 is 0 Å². The van der Waals surface area contributed by atoms with Gasteiger partial charge in [0.05, 0.1) is 0 Å². The summed E-state index contributed by atoms with van der Waals surface area (Å²) in [4.78, 5) is 8.90. The predicted molar refractivity (Wildman–Crippen MR) is 90.7 cm³/mol. The number of hydrogen-bond donors (Lipinski definition) is 2. The average molecular weight is 327 g/mol. The van der Waals surface area contributed by atoms with Crippen molar-refractivity contribution in [3.8, 4) is 11.5 Å². The molecule has 2 N–H and O–H groups in total. The lowest BCUT2D eigenvalue weighted by Crippen LogP contribution is -2.12. The van der Waals surface area contributed by atoms with E-state index in [1.165, 1.54) is 12.1 Å². The number of rotatable bonds is 5. The Labute approximate surface area is 139 Å². The highest BCUT2D eigenvalue weighted by Crippen LogP contribution is 2.23. The van der Waals surface area contributed by atoms with E-state index < -0.39 is 0 Å². The zero-order valence-corrected chi connectivity index (χ0v) is 13.7. The van der Waals surface area contributed by atoms with Crippen LogP contribution in [0, 0.1) is 12.7 Å². The van der Waals surface area contributed by atoms with Gasteiger partial charge in [-0.1, -0.05) is 11.2 Å². The van der Waals surface area contributed by atoms with Gasteiger partial charge < -0.3 is 15.2 Å². The summed E-state index contributed by atoms with van der Waals surface area (Å²) in [6.45, 7) is 5.84. The summed E-state index contributed by atoms with van der Waals surface area (Å²) in [7, 11) is 0. The summed E-state index contributed by atoms with van der Waals surface area (Å²) in [6.07, 6.45) is 0. The molecule has 0 bridgehead atoms. The number of aryl methyl sites for hydroxylation is 1.